The van der Waals surface area contributed by atoms with Crippen LogP contribution >= 0.6 is 15.9 Å². The number of benzene rings is 1. The minimum atomic E-state index is -0.195. The van der Waals surface area contributed by atoms with Crippen LogP contribution in [-0.4, -0.2) is 24.0 Å². The molecule has 1 aromatic carbocycles. The highest BCUT2D eigenvalue weighted by molar-refractivity contribution is 9.10. The Bertz CT molecular complexity index is 317. The third kappa shape index (κ3) is 2.32. The maximum absolute atomic E-state index is 13.0. The van der Waals surface area contributed by atoms with Gasteiger partial charge in [0.2, 0.25) is 0 Å². The highest BCUT2D eigenvalue weighted by atomic mass is 79.9. The van der Waals surface area contributed by atoms with Gasteiger partial charge in [0.1, 0.15) is 5.82 Å². The van der Waals surface area contributed by atoms with Crippen LogP contribution in [0.5, 0.6) is 0 Å². The lowest BCUT2D eigenvalue weighted by Crippen LogP contribution is -2.54. The van der Waals surface area contributed by atoms with Gasteiger partial charge >= 0.3 is 0 Å². The van der Waals surface area contributed by atoms with Gasteiger partial charge in [0, 0.05) is 30.1 Å². The summed E-state index contributed by atoms with van der Waals surface area (Å²) in [5.74, 6) is -0.195. The van der Waals surface area contributed by atoms with E-state index >= 15 is 0 Å². The van der Waals surface area contributed by atoms with Crippen LogP contribution in [0.25, 0.3) is 0 Å². The third-order valence-electron chi connectivity index (χ3n) is 2.31. The van der Waals surface area contributed by atoms with Gasteiger partial charge in [-0.25, -0.2) is 4.39 Å². The first-order valence-electron chi connectivity index (χ1n) is 4.56. The zero-order valence-electron chi connectivity index (χ0n) is 7.71. The SMILES string of the molecule is NC1CN(Cc2cc(F)cc(Br)c2)C1. The van der Waals surface area contributed by atoms with Gasteiger partial charge < -0.3 is 5.73 Å². The Hall–Kier alpha value is -0.450. The molecule has 0 unspecified atom stereocenters. The molecular weight excluding hydrogens is 247 g/mol. The Balaban J connectivity index is 2.02. The molecule has 4 heteroatoms. The van der Waals surface area contributed by atoms with Crippen LogP contribution in [0.1, 0.15) is 5.56 Å². The lowest BCUT2D eigenvalue weighted by atomic mass is 10.1. The summed E-state index contributed by atoms with van der Waals surface area (Å²) < 4.78 is 13.8. The van der Waals surface area contributed by atoms with Crippen molar-refractivity contribution in [3.05, 3.63) is 34.1 Å². The average Bonchev–Trinajstić information content (AvgIpc) is 1.99. The molecule has 2 N–H and O–H groups in total. The van der Waals surface area contributed by atoms with Crippen molar-refractivity contribution in [2.45, 2.75) is 12.6 Å². The smallest absolute Gasteiger partial charge is 0.124 e. The Morgan fingerprint density at radius 3 is 2.71 bits per heavy atom. The average molecular weight is 259 g/mol. The van der Waals surface area contributed by atoms with Gasteiger partial charge in [-0.1, -0.05) is 15.9 Å². The minimum absolute atomic E-state index is 0.195. The number of hydrogen-bond donors (Lipinski definition) is 1. The Morgan fingerprint density at radius 1 is 1.43 bits per heavy atom. The topological polar surface area (TPSA) is 29.3 Å². The van der Waals surface area contributed by atoms with Crippen molar-refractivity contribution in [3.8, 4) is 0 Å². The minimum Gasteiger partial charge on any atom is -0.325 e. The van der Waals surface area contributed by atoms with Crippen LogP contribution < -0.4 is 5.73 Å². The zero-order valence-corrected chi connectivity index (χ0v) is 9.30. The third-order valence-corrected chi connectivity index (χ3v) is 2.77. The summed E-state index contributed by atoms with van der Waals surface area (Å²) in [6.45, 7) is 2.60. The Labute approximate surface area is 91.0 Å². The summed E-state index contributed by atoms with van der Waals surface area (Å²) >= 11 is 3.27. The number of likely N-dealkylation sites (tertiary alicyclic amines) is 1. The molecule has 0 radical (unpaired) electrons. The van der Waals surface area contributed by atoms with Gasteiger partial charge in [0.05, 0.1) is 0 Å². The summed E-state index contributed by atoms with van der Waals surface area (Å²) in [5, 5.41) is 0. The van der Waals surface area contributed by atoms with Crippen molar-refractivity contribution in [2.24, 2.45) is 5.73 Å². The molecule has 0 amide bonds. The zero-order chi connectivity index (χ0) is 10.1. The van der Waals surface area contributed by atoms with E-state index in [1.807, 2.05) is 6.07 Å². The molecule has 2 nitrogen and oxygen atoms in total. The molecule has 1 aromatic rings. The number of halogens is 2. The molecule has 0 aliphatic carbocycles. The molecule has 1 heterocycles. The van der Waals surface area contributed by atoms with Crippen LogP contribution in [0.4, 0.5) is 4.39 Å². The lowest BCUT2D eigenvalue weighted by molar-refractivity contribution is 0.142. The monoisotopic (exact) mass is 258 g/mol. The standard InChI is InChI=1S/C10H12BrFN2/c11-8-1-7(2-9(12)3-8)4-14-5-10(13)6-14/h1-3,10H,4-6,13H2. The maximum Gasteiger partial charge on any atom is 0.124 e. The fourth-order valence-corrected chi connectivity index (χ4v) is 2.21. The molecular formula is C10H12BrFN2. The first-order chi connectivity index (χ1) is 6.63. The molecule has 0 bridgehead atoms. The molecule has 0 aromatic heterocycles. The van der Waals surface area contributed by atoms with Gasteiger partial charge in [-0.3, -0.25) is 4.90 Å². The van der Waals surface area contributed by atoms with Crippen molar-refractivity contribution >= 4 is 15.9 Å². The lowest BCUT2D eigenvalue weighted by Gasteiger charge is -2.36. The predicted octanol–water partition coefficient (Wildman–Crippen LogP) is 1.73. The van der Waals surface area contributed by atoms with Crippen molar-refractivity contribution in [3.63, 3.8) is 0 Å². The Kier molecular flexibility index (Phi) is 2.85. The van der Waals surface area contributed by atoms with Crippen molar-refractivity contribution in [1.82, 2.24) is 4.90 Å². The normalized spacial score (nSPS) is 18.2. The molecule has 14 heavy (non-hydrogen) atoms. The van der Waals surface area contributed by atoms with Crippen molar-refractivity contribution in [2.75, 3.05) is 13.1 Å². The first-order valence-corrected chi connectivity index (χ1v) is 5.36. The highest BCUT2D eigenvalue weighted by Gasteiger charge is 2.22. The van der Waals surface area contributed by atoms with Gasteiger partial charge in [-0.05, 0) is 23.8 Å². The number of nitrogens with zero attached hydrogens (tertiary/aromatic N) is 1. The number of hydrogen-bond acceptors (Lipinski definition) is 2. The van der Waals surface area contributed by atoms with E-state index < -0.39 is 0 Å². The van der Waals surface area contributed by atoms with Gasteiger partial charge in [-0.15, -0.1) is 0 Å². The predicted molar refractivity (Wildman–Crippen MR) is 57.4 cm³/mol. The second-order valence-corrected chi connectivity index (χ2v) is 4.65. The van der Waals surface area contributed by atoms with E-state index in [4.69, 9.17) is 5.73 Å². The van der Waals surface area contributed by atoms with Crippen LogP contribution in [0, 0.1) is 5.82 Å². The molecule has 1 saturated heterocycles. The van der Waals surface area contributed by atoms with Crippen LogP contribution in [0.2, 0.25) is 0 Å². The summed E-state index contributed by atoms with van der Waals surface area (Å²) in [6.07, 6.45) is 0. The molecule has 1 fully saturated rings. The second-order valence-electron chi connectivity index (χ2n) is 3.73. The van der Waals surface area contributed by atoms with Crippen LogP contribution in [0.3, 0.4) is 0 Å². The van der Waals surface area contributed by atoms with E-state index in [1.54, 1.807) is 6.07 Å². The van der Waals surface area contributed by atoms with E-state index in [2.05, 4.69) is 20.8 Å². The van der Waals surface area contributed by atoms with Crippen molar-refractivity contribution < 1.29 is 4.39 Å². The fraction of sp³-hybridized carbons (Fsp3) is 0.400. The quantitative estimate of drug-likeness (QED) is 0.876. The molecule has 76 valence electrons. The van der Waals surface area contributed by atoms with Crippen molar-refractivity contribution in [1.29, 1.82) is 0 Å². The van der Waals surface area contributed by atoms with Gasteiger partial charge in [0.25, 0.3) is 0 Å². The molecule has 1 aliphatic rings. The molecule has 0 spiro atoms. The summed E-state index contributed by atoms with van der Waals surface area (Å²) in [5.41, 5.74) is 6.65. The molecule has 2 rings (SSSR count). The van der Waals surface area contributed by atoms with Crippen LogP contribution in [0.15, 0.2) is 22.7 Å². The van der Waals surface area contributed by atoms with E-state index in [0.717, 1.165) is 29.7 Å². The van der Waals surface area contributed by atoms with E-state index in [0.29, 0.717) is 6.04 Å². The molecule has 0 atom stereocenters. The van der Waals surface area contributed by atoms with E-state index in [-0.39, 0.29) is 5.82 Å². The molecule has 0 saturated carbocycles. The van der Waals surface area contributed by atoms with E-state index in [1.165, 1.54) is 6.07 Å². The van der Waals surface area contributed by atoms with Gasteiger partial charge in [0.15, 0.2) is 0 Å². The van der Waals surface area contributed by atoms with Crippen LogP contribution in [-0.2, 0) is 6.54 Å². The summed E-state index contributed by atoms with van der Waals surface area (Å²) in [4.78, 5) is 2.20. The molecule has 1 aliphatic heterocycles. The number of rotatable bonds is 2. The van der Waals surface area contributed by atoms with E-state index in [9.17, 15) is 4.39 Å². The maximum atomic E-state index is 13.0. The summed E-state index contributed by atoms with van der Waals surface area (Å²) in [6, 6.07) is 5.26. The second kappa shape index (κ2) is 3.96. The summed E-state index contributed by atoms with van der Waals surface area (Å²) in [7, 11) is 0. The first kappa shape index (κ1) is 10.1. The number of nitrogens with two attached hydrogens (primary N) is 1. The van der Waals surface area contributed by atoms with Gasteiger partial charge in [-0.2, -0.15) is 0 Å². The highest BCUT2D eigenvalue weighted by Crippen LogP contribution is 2.18. The fourth-order valence-electron chi connectivity index (χ4n) is 1.70. The largest absolute Gasteiger partial charge is 0.325 e. The Morgan fingerprint density at radius 2 is 2.14 bits per heavy atom.